The van der Waals surface area contributed by atoms with Crippen molar-refractivity contribution in [2.45, 2.75) is 58.0 Å². The van der Waals surface area contributed by atoms with Gasteiger partial charge in [-0.15, -0.1) is 11.3 Å². The minimum atomic E-state index is -0.851. The minimum Gasteiger partial charge on any atom is -0.467 e. The van der Waals surface area contributed by atoms with Gasteiger partial charge < -0.3 is 9.47 Å². The molecule has 0 amide bonds. The summed E-state index contributed by atoms with van der Waals surface area (Å²) in [5, 5.41) is 3.27. The van der Waals surface area contributed by atoms with Gasteiger partial charge in [0.15, 0.2) is 5.60 Å². The van der Waals surface area contributed by atoms with Crippen molar-refractivity contribution in [3.8, 4) is 10.6 Å². The van der Waals surface area contributed by atoms with Gasteiger partial charge in [0.1, 0.15) is 5.01 Å². The van der Waals surface area contributed by atoms with E-state index in [1.54, 1.807) is 25.2 Å². The molecule has 0 N–H and O–H groups in total. The van der Waals surface area contributed by atoms with Crippen molar-refractivity contribution in [1.82, 2.24) is 4.98 Å². The van der Waals surface area contributed by atoms with E-state index >= 15 is 0 Å². The van der Waals surface area contributed by atoms with Crippen molar-refractivity contribution in [3.05, 3.63) is 41.4 Å². The topological polar surface area (TPSA) is 48.4 Å². The number of nitrogens with zero attached hydrogens (tertiary/aromatic N) is 1. The number of ether oxygens (including phenoxy) is 2. The second-order valence-corrected chi connectivity index (χ2v) is 7.74. The number of methoxy groups -OCH3 is 1. The number of carbonyl (C=O) groups excluding carboxylic acids is 1. The number of benzene rings is 1. The summed E-state index contributed by atoms with van der Waals surface area (Å²) in [6, 6.07) is 10.3. The number of aromatic nitrogens is 1. The molecule has 26 heavy (non-hydrogen) atoms. The lowest BCUT2D eigenvalue weighted by molar-refractivity contribution is -0.165. The molecular formula is C21H29NO3S. The SMILES string of the molecule is COC(=O)C(C)(C)OCCCCCCCc1csc(-c2ccccc2)n1. The Labute approximate surface area is 160 Å². The second-order valence-electron chi connectivity index (χ2n) is 6.88. The zero-order chi connectivity index (χ0) is 18.8. The third-order valence-electron chi connectivity index (χ3n) is 4.29. The Balaban J connectivity index is 1.56. The molecule has 2 aromatic rings. The Morgan fingerprint density at radius 3 is 2.50 bits per heavy atom. The van der Waals surface area contributed by atoms with Gasteiger partial charge in [-0.25, -0.2) is 9.78 Å². The molecule has 1 aromatic carbocycles. The highest BCUT2D eigenvalue weighted by Gasteiger charge is 2.29. The van der Waals surface area contributed by atoms with Gasteiger partial charge in [0.05, 0.1) is 12.8 Å². The standard InChI is InChI=1S/C21H29NO3S/c1-21(2,20(23)24-3)25-15-11-6-4-5-10-14-18-16-26-19(22-18)17-12-8-7-9-13-17/h7-9,12-13,16H,4-6,10-11,14-15H2,1-3H3. The van der Waals surface area contributed by atoms with Crippen LogP contribution in [0.15, 0.2) is 35.7 Å². The zero-order valence-electron chi connectivity index (χ0n) is 16.0. The smallest absolute Gasteiger partial charge is 0.337 e. The van der Waals surface area contributed by atoms with E-state index in [0.717, 1.165) is 30.7 Å². The van der Waals surface area contributed by atoms with Crippen LogP contribution in [0.3, 0.4) is 0 Å². The molecule has 0 aliphatic heterocycles. The van der Waals surface area contributed by atoms with Crippen LogP contribution >= 0.6 is 11.3 Å². The van der Waals surface area contributed by atoms with Crippen molar-refractivity contribution < 1.29 is 14.3 Å². The maximum atomic E-state index is 11.5. The van der Waals surface area contributed by atoms with Crippen LogP contribution in [0.5, 0.6) is 0 Å². The van der Waals surface area contributed by atoms with Gasteiger partial charge in [0.25, 0.3) is 0 Å². The molecule has 0 radical (unpaired) electrons. The number of esters is 1. The monoisotopic (exact) mass is 375 g/mol. The molecule has 142 valence electrons. The molecule has 0 aliphatic rings. The fourth-order valence-electron chi connectivity index (χ4n) is 2.71. The highest BCUT2D eigenvalue weighted by Crippen LogP contribution is 2.24. The molecule has 0 unspecified atom stereocenters. The second kappa shape index (κ2) is 10.4. The first-order valence-corrected chi connectivity index (χ1v) is 10.1. The summed E-state index contributed by atoms with van der Waals surface area (Å²) in [6.07, 6.45) is 6.65. The summed E-state index contributed by atoms with van der Waals surface area (Å²) in [6.45, 7) is 4.08. The van der Waals surface area contributed by atoms with Gasteiger partial charge in [-0.05, 0) is 33.1 Å². The molecule has 0 saturated heterocycles. The first kappa shape index (κ1) is 20.6. The number of carbonyl (C=O) groups is 1. The molecule has 0 aliphatic carbocycles. The van der Waals surface area contributed by atoms with Crippen molar-refractivity contribution >= 4 is 17.3 Å². The van der Waals surface area contributed by atoms with Gasteiger partial charge in [-0.3, -0.25) is 0 Å². The summed E-state index contributed by atoms with van der Waals surface area (Å²) >= 11 is 1.72. The van der Waals surface area contributed by atoms with Gasteiger partial charge in [-0.2, -0.15) is 0 Å². The van der Waals surface area contributed by atoms with E-state index in [2.05, 4.69) is 17.5 Å². The predicted molar refractivity (Wildman–Crippen MR) is 106 cm³/mol. The van der Waals surface area contributed by atoms with Crippen molar-refractivity contribution in [2.24, 2.45) is 0 Å². The first-order chi connectivity index (χ1) is 12.5. The molecule has 0 atom stereocenters. The minimum absolute atomic E-state index is 0.323. The number of hydrogen-bond acceptors (Lipinski definition) is 5. The molecule has 1 heterocycles. The molecule has 5 heteroatoms. The van der Waals surface area contributed by atoms with Crippen molar-refractivity contribution in [1.29, 1.82) is 0 Å². The van der Waals surface area contributed by atoms with Crippen LogP contribution in [0.25, 0.3) is 10.6 Å². The summed E-state index contributed by atoms with van der Waals surface area (Å²) in [7, 11) is 1.39. The molecule has 2 rings (SSSR count). The van der Waals surface area contributed by atoms with E-state index in [4.69, 9.17) is 14.5 Å². The van der Waals surface area contributed by atoms with Gasteiger partial charge >= 0.3 is 5.97 Å². The fourth-order valence-corrected chi connectivity index (χ4v) is 3.57. The van der Waals surface area contributed by atoms with Crippen LogP contribution in [0.1, 0.15) is 51.6 Å². The lowest BCUT2D eigenvalue weighted by Crippen LogP contribution is -2.36. The highest BCUT2D eigenvalue weighted by atomic mass is 32.1. The maximum absolute atomic E-state index is 11.5. The number of aryl methyl sites for hydroxylation is 1. The van der Waals surface area contributed by atoms with Crippen LogP contribution < -0.4 is 0 Å². The van der Waals surface area contributed by atoms with E-state index in [1.807, 2.05) is 18.2 Å². The molecule has 0 fully saturated rings. The van der Waals surface area contributed by atoms with Crippen LogP contribution in [-0.4, -0.2) is 30.3 Å². The van der Waals surface area contributed by atoms with E-state index in [-0.39, 0.29) is 5.97 Å². The third kappa shape index (κ3) is 6.54. The molecular weight excluding hydrogens is 346 g/mol. The molecule has 0 bridgehead atoms. The molecule has 0 saturated carbocycles. The third-order valence-corrected chi connectivity index (χ3v) is 5.23. The largest absolute Gasteiger partial charge is 0.467 e. The lowest BCUT2D eigenvalue weighted by Gasteiger charge is -2.22. The van der Waals surface area contributed by atoms with Gasteiger partial charge in [0, 0.05) is 17.6 Å². The van der Waals surface area contributed by atoms with Crippen molar-refractivity contribution in [3.63, 3.8) is 0 Å². The summed E-state index contributed by atoms with van der Waals surface area (Å²) in [5.41, 5.74) is 1.53. The summed E-state index contributed by atoms with van der Waals surface area (Å²) in [4.78, 5) is 16.2. The molecule has 1 aromatic heterocycles. The Bertz CT molecular complexity index is 667. The number of rotatable bonds is 11. The van der Waals surface area contributed by atoms with E-state index in [9.17, 15) is 4.79 Å². The zero-order valence-corrected chi connectivity index (χ0v) is 16.8. The van der Waals surface area contributed by atoms with Gasteiger partial charge in [-0.1, -0.05) is 49.6 Å². The fraction of sp³-hybridized carbons (Fsp3) is 0.524. The number of unbranched alkanes of at least 4 members (excludes halogenated alkanes) is 4. The lowest BCUT2D eigenvalue weighted by atomic mass is 10.1. The highest BCUT2D eigenvalue weighted by molar-refractivity contribution is 7.13. The Morgan fingerprint density at radius 2 is 1.77 bits per heavy atom. The maximum Gasteiger partial charge on any atom is 0.337 e. The van der Waals surface area contributed by atoms with E-state index in [1.165, 1.54) is 31.2 Å². The van der Waals surface area contributed by atoms with Gasteiger partial charge in [0.2, 0.25) is 0 Å². The van der Waals surface area contributed by atoms with Crippen LogP contribution in [-0.2, 0) is 20.7 Å². The van der Waals surface area contributed by atoms with E-state index < -0.39 is 5.60 Å². The summed E-state index contributed by atoms with van der Waals surface area (Å²) < 4.78 is 10.3. The first-order valence-electron chi connectivity index (χ1n) is 9.25. The Hall–Kier alpha value is -1.72. The van der Waals surface area contributed by atoms with Crippen LogP contribution in [0, 0.1) is 0 Å². The number of hydrogen-bond donors (Lipinski definition) is 0. The number of thiazole rings is 1. The average molecular weight is 376 g/mol. The quantitative estimate of drug-likeness (QED) is 0.396. The molecule has 4 nitrogen and oxygen atoms in total. The van der Waals surface area contributed by atoms with Crippen LogP contribution in [0.4, 0.5) is 0 Å². The summed E-state index contributed by atoms with van der Waals surface area (Å²) in [5.74, 6) is -0.323. The van der Waals surface area contributed by atoms with Crippen LogP contribution in [0.2, 0.25) is 0 Å². The normalized spacial score (nSPS) is 11.5. The Morgan fingerprint density at radius 1 is 1.08 bits per heavy atom. The Kier molecular flexibility index (Phi) is 8.26. The van der Waals surface area contributed by atoms with Crippen molar-refractivity contribution in [2.75, 3.05) is 13.7 Å². The average Bonchev–Trinajstić information content (AvgIpc) is 3.12. The van der Waals surface area contributed by atoms with E-state index in [0.29, 0.717) is 6.61 Å². The predicted octanol–water partition coefficient (Wildman–Crippen LogP) is 5.27. The molecule has 0 spiro atoms.